The molecule has 0 aliphatic carbocycles. The number of aliphatic hydroxyl groups is 1. The van der Waals surface area contributed by atoms with Crippen LogP contribution in [-0.4, -0.2) is 33.1 Å². The van der Waals surface area contributed by atoms with Gasteiger partial charge in [0.1, 0.15) is 5.69 Å². The van der Waals surface area contributed by atoms with Crippen LogP contribution in [0.5, 0.6) is 0 Å². The first kappa shape index (κ1) is 13.6. The summed E-state index contributed by atoms with van der Waals surface area (Å²) in [5.41, 5.74) is 0.00805. The Balaban J connectivity index is 3.00. The maximum absolute atomic E-state index is 10.9. The second kappa shape index (κ2) is 5.74. The van der Waals surface area contributed by atoms with Gasteiger partial charge in [-0.3, -0.25) is 10.1 Å². The second-order valence-electron chi connectivity index (χ2n) is 3.70. The summed E-state index contributed by atoms with van der Waals surface area (Å²) in [4.78, 5) is 17.8. The summed E-state index contributed by atoms with van der Waals surface area (Å²) in [5.74, 6) is 0.0384. The Labute approximate surface area is 103 Å². The molecular formula is C9H13ClN4O3. The van der Waals surface area contributed by atoms with Gasteiger partial charge in [-0.2, -0.15) is 4.98 Å². The van der Waals surface area contributed by atoms with Gasteiger partial charge < -0.3 is 10.4 Å². The third-order valence-corrected chi connectivity index (χ3v) is 2.31. The zero-order chi connectivity index (χ0) is 13.0. The molecule has 2 N–H and O–H groups in total. The highest BCUT2D eigenvalue weighted by atomic mass is 35.5. The van der Waals surface area contributed by atoms with Crippen molar-refractivity contribution in [1.29, 1.82) is 0 Å². The van der Waals surface area contributed by atoms with Crippen LogP contribution in [0, 0.1) is 23.0 Å². The molecule has 7 nitrogen and oxygen atoms in total. The summed E-state index contributed by atoms with van der Waals surface area (Å²) in [7, 11) is 0. The lowest BCUT2D eigenvalue weighted by Crippen LogP contribution is -2.16. The van der Waals surface area contributed by atoms with Crippen LogP contribution < -0.4 is 5.32 Å². The van der Waals surface area contributed by atoms with Crippen LogP contribution in [0.3, 0.4) is 0 Å². The number of aliphatic hydroxyl groups excluding tert-OH is 1. The highest BCUT2D eigenvalue weighted by Gasteiger charge is 2.21. The minimum atomic E-state index is -0.558. The van der Waals surface area contributed by atoms with Crippen LogP contribution >= 0.6 is 11.6 Å². The predicted octanol–water partition coefficient (Wildman–Crippen LogP) is 1.39. The normalized spacial score (nSPS) is 12.2. The first-order valence-electron chi connectivity index (χ1n) is 4.99. The van der Waals surface area contributed by atoms with Crippen LogP contribution in [0.15, 0.2) is 0 Å². The molecule has 17 heavy (non-hydrogen) atoms. The lowest BCUT2D eigenvalue weighted by atomic mass is 10.2. The van der Waals surface area contributed by atoms with Crippen molar-refractivity contribution in [3.8, 4) is 0 Å². The van der Waals surface area contributed by atoms with Gasteiger partial charge in [-0.1, -0.05) is 6.92 Å². The van der Waals surface area contributed by atoms with E-state index in [4.69, 9.17) is 16.7 Å². The number of nitrogens with one attached hydrogen (secondary N) is 1. The van der Waals surface area contributed by atoms with Gasteiger partial charge in [-0.05, 0) is 24.4 Å². The molecule has 0 saturated heterocycles. The molecule has 94 valence electrons. The fourth-order valence-electron chi connectivity index (χ4n) is 1.21. The summed E-state index contributed by atoms with van der Waals surface area (Å²) in [6.07, 6.45) is 0. The van der Waals surface area contributed by atoms with Crippen molar-refractivity contribution in [3.05, 3.63) is 21.1 Å². The van der Waals surface area contributed by atoms with Crippen LogP contribution in [0.1, 0.15) is 12.6 Å². The van der Waals surface area contributed by atoms with Gasteiger partial charge in [0.25, 0.3) is 0 Å². The van der Waals surface area contributed by atoms with Crippen LogP contribution in [-0.2, 0) is 0 Å². The van der Waals surface area contributed by atoms with Gasteiger partial charge in [0.05, 0.1) is 4.92 Å². The molecule has 1 aromatic heterocycles. The fourth-order valence-corrected chi connectivity index (χ4v) is 1.42. The standard InChI is InChI=1S/C9H13ClN4O3/c1-5(4-15)3-11-8-7(14(16)17)6(2)12-9(10)13-8/h5,15H,3-4H2,1-2H3,(H,11,12,13). The average Bonchev–Trinajstić information content (AvgIpc) is 2.24. The van der Waals surface area contributed by atoms with E-state index in [2.05, 4.69) is 15.3 Å². The number of hydrogen-bond donors (Lipinski definition) is 2. The number of anilines is 1. The first-order valence-corrected chi connectivity index (χ1v) is 5.36. The SMILES string of the molecule is Cc1nc(Cl)nc(NCC(C)CO)c1[N+](=O)[O-]. The molecule has 1 heterocycles. The van der Waals surface area contributed by atoms with Gasteiger partial charge in [-0.15, -0.1) is 0 Å². The smallest absolute Gasteiger partial charge is 0.332 e. The van der Waals surface area contributed by atoms with E-state index in [0.29, 0.717) is 6.54 Å². The Bertz CT molecular complexity index is 427. The summed E-state index contributed by atoms with van der Waals surface area (Å²) in [5, 5.41) is 22.5. The molecule has 1 unspecified atom stereocenters. The molecule has 0 bridgehead atoms. The van der Waals surface area contributed by atoms with Crippen molar-refractivity contribution in [1.82, 2.24) is 9.97 Å². The van der Waals surface area contributed by atoms with Gasteiger partial charge in [-0.25, -0.2) is 4.98 Å². The molecule has 1 atom stereocenters. The van der Waals surface area contributed by atoms with Crippen LogP contribution in [0.25, 0.3) is 0 Å². The third kappa shape index (κ3) is 3.50. The fraction of sp³-hybridized carbons (Fsp3) is 0.556. The molecule has 0 radical (unpaired) electrons. The van der Waals surface area contributed by atoms with E-state index in [1.54, 1.807) is 6.92 Å². The number of nitro groups is 1. The van der Waals surface area contributed by atoms with E-state index in [0.717, 1.165) is 0 Å². The minimum absolute atomic E-state index is 0.0153. The third-order valence-electron chi connectivity index (χ3n) is 2.14. The molecule has 0 aromatic carbocycles. The number of halogens is 1. The zero-order valence-electron chi connectivity index (χ0n) is 9.47. The van der Waals surface area contributed by atoms with Crippen molar-refractivity contribution in [2.75, 3.05) is 18.5 Å². The number of aryl methyl sites for hydroxylation is 1. The number of aromatic nitrogens is 2. The maximum Gasteiger partial charge on any atom is 0.332 e. The summed E-state index contributed by atoms with van der Waals surface area (Å²) in [6.45, 7) is 3.64. The molecule has 0 spiro atoms. The molecule has 0 fully saturated rings. The van der Waals surface area contributed by atoms with E-state index in [1.807, 2.05) is 0 Å². The Hall–Kier alpha value is -1.47. The Kier molecular flexibility index (Phi) is 4.59. The van der Waals surface area contributed by atoms with E-state index < -0.39 is 4.92 Å². The topological polar surface area (TPSA) is 101 Å². The highest BCUT2D eigenvalue weighted by molar-refractivity contribution is 6.28. The first-order chi connectivity index (χ1) is 7.95. The summed E-state index contributed by atoms with van der Waals surface area (Å²) < 4.78 is 0. The molecular weight excluding hydrogens is 248 g/mol. The average molecular weight is 261 g/mol. The maximum atomic E-state index is 10.9. The lowest BCUT2D eigenvalue weighted by Gasteiger charge is -2.11. The summed E-state index contributed by atoms with van der Waals surface area (Å²) in [6, 6.07) is 0. The molecule has 0 aliphatic rings. The Morgan fingerprint density at radius 3 is 2.76 bits per heavy atom. The Morgan fingerprint density at radius 1 is 1.59 bits per heavy atom. The largest absolute Gasteiger partial charge is 0.396 e. The molecule has 0 aliphatic heterocycles. The van der Waals surface area contributed by atoms with Crippen molar-refractivity contribution in [2.45, 2.75) is 13.8 Å². The van der Waals surface area contributed by atoms with Crippen LogP contribution in [0.4, 0.5) is 11.5 Å². The van der Waals surface area contributed by atoms with Gasteiger partial charge >= 0.3 is 5.69 Å². The summed E-state index contributed by atoms with van der Waals surface area (Å²) >= 11 is 5.64. The van der Waals surface area contributed by atoms with E-state index >= 15 is 0 Å². The molecule has 0 amide bonds. The van der Waals surface area contributed by atoms with E-state index in [9.17, 15) is 10.1 Å². The van der Waals surface area contributed by atoms with Crippen molar-refractivity contribution in [2.24, 2.45) is 5.92 Å². The van der Waals surface area contributed by atoms with E-state index in [1.165, 1.54) is 6.92 Å². The van der Waals surface area contributed by atoms with E-state index in [-0.39, 0.29) is 35.0 Å². The lowest BCUT2D eigenvalue weighted by molar-refractivity contribution is -0.385. The number of nitrogens with zero attached hydrogens (tertiary/aromatic N) is 3. The monoisotopic (exact) mass is 260 g/mol. The minimum Gasteiger partial charge on any atom is -0.396 e. The van der Waals surface area contributed by atoms with Gasteiger partial charge in [0.15, 0.2) is 0 Å². The van der Waals surface area contributed by atoms with Gasteiger partial charge in [0, 0.05) is 13.2 Å². The highest BCUT2D eigenvalue weighted by Crippen LogP contribution is 2.26. The molecule has 1 rings (SSSR count). The zero-order valence-corrected chi connectivity index (χ0v) is 10.2. The number of hydrogen-bond acceptors (Lipinski definition) is 6. The second-order valence-corrected chi connectivity index (χ2v) is 4.04. The van der Waals surface area contributed by atoms with Crippen molar-refractivity contribution in [3.63, 3.8) is 0 Å². The molecule has 0 saturated carbocycles. The van der Waals surface area contributed by atoms with Crippen molar-refractivity contribution >= 4 is 23.1 Å². The van der Waals surface area contributed by atoms with Crippen molar-refractivity contribution < 1.29 is 10.0 Å². The van der Waals surface area contributed by atoms with Crippen LogP contribution in [0.2, 0.25) is 5.28 Å². The molecule has 1 aromatic rings. The molecule has 8 heteroatoms. The Morgan fingerprint density at radius 2 is 2.24 bits per heavy atom. The number of rotatable bonds is 5. The predicted molar refractivity (Wildman–Crippen MR) is 63.2 cm³/mol. The quantitative estimate of drug-likeness (QED) is 0.471. The van der Waals surface area contributed by atoms with Gasteiger partial charge in [0.2, 0.25) is 11.1 Å².